The van der Waals surface area contributed by atoms with E-state index < -0.39 is 0 Å². The van der Waals surface area contributed by atoms with Gasteiger partial charge in [0.25, 0.3) is 0 Å². The maximum atomic E-state index is 12.0. The number of carbonyl (C=O) groups excluding carboxylic acids is 1. The second kappa shape index (κ2) is 5.07. The van der Waals surface area contributed by atoms with Crippen molar-refractivity contribution in [1.29, 1.82) is 0 Å². The van der Waals surface area contributed by atoms with Crippen LogP contribution in [0.3, 0.4) is 0 Å². The molecule has 0 unspecified atom stereocenters. The second-order valence-electron chi connectivity index (χ2n) is 6.20. The number of hydrogen-bond donors (Lipinski definition) is 1. The lowest BCUT2D eigenvalue weighted by Gasteiger charge is -2.35. The third-order valence-corrected chi connectivity index (χ3v) is 3.34. The number of carbonyl (C=O) groups is 1. The van der Waals surface area contributed by atoms with Gasteiger partial charge >= 0.3 is 6.03 Å². The maximum absolute atomic E-state index is 12.0. The molecule has 0 aromatic carbocycles. The van der Waals surface area contributed by atoms with Crippen LogP contribution in [0.5, 0.6) is 0 Å². The van der Waals surface area contributed by atoms with E-state index in [-0.39, 0.29) is 11.6 Å². The molecule has 3 nitrogen and oxygen atoms in total. The molecule has 1 aliphatic carbocycles. The van der Waals surface area contributed by atoms with Crippen LogP contribution in [0.1, 0.15) is 53.4 Å². The summed E-state index contributed by atoms with van der Waals surface area (Å²) in [6.45, 7) is 8.34. The Labute approximate surface area is 99.6 Å². The quantitative estimate of drug-likeness (QED) is 0.732. The van der Waals surface area contributed by atoms with Crippen molar-refractivity contribution >= 4 is 6.03 Å². The summed E-state index contributed by atoms with van der Waals surface area (Å²) in [5, 5.41) is 3.01. The topological polar surface area (TPSA) is 32.3 Å². The Morgan fingerprint density at radius 3 is 2.12 bits per heavy atom. The molecule has 94 valence electrons. The SMILES string of the molecule is CC1CCC(N(C)C(=O)NC(C)(C)C)CC1. The predicted molar refractivity (Wildman–Crippen MR) is 67.5 cm³/mol. The van der Waals surface area contributed by atoms with Crippen LogP contribution in [-0.2, 0) is 0 Å². The molecule has 2 amide bonds. The maximum Gasteiger partial charge on any atom is 0.317 e. The number of urea groups is 1. The zero-order valence-corrected chi connectivity index (χ0v) is 11.3. The Morgan fingerprint density at radius 1 is 1.19 bits per heavy atom. The highest BCUT2D eigenvalue weighted by atomic mass is 16.2. The van der Waals surface area contributed by atoms with Gasteiger partial charge in [-0.3, -0.25) is 0 Å². The Morgan fingerprint density at radius 2 is 1.69 bits per heavy atom. The van der Waals surface area contributed by atoms with Crippen molar-refractivity contribution in [2.24, 2.45) is 5.92 Å². The first-order valence-electron chi connectivity index (χ1n) is 6.34. The molecular formula is C13H26N2O. The van der Waals surface area contributed by atoms with Crippen LogP contribution < -0.4 is 5.32 Å². The zero-order chi connectivity index (χ0) is 12.3. The van der Waals surface area contributed by atoms with Crippen molar-refractivity contribution in [2.75, 3.05) is 7.05 Å². The van der Waals surface area contributed by atoms with Crippen LogP contribution in [0.2, 0.25) is 0 Å². The Kier molecular flexibility index (Phi) is 4.22. The highest BCUT2D eigenvalue weighted by Crippen LogP contribution is 2.26. The van der Waals surface area contributed by atoms with Crippen molar-refractivity contribution in [3.63, 3.8) is 0 Å². The standard InChI is InChI=1S/C13H26N2O/c1-10-6-8-11(9-7-10)15(5)12(16)14-13(2,3)4/h10-11H,6-9H2,1-5H3,(H,14,16). The van der Waals surface area contributed by atoms with Crippen molar-refractivity contribution < 1.29 is 4.79 Å². The summed E-state index contributed by atoms with van der Waals surface area (Å²) in [5.41, 5.74) is -0.146. The Hall–Kier alpha value is -0.730. The summed E-state index contributed by atoms with van der Waals surface area (Å²) in [4.78, 5) is 13.8. The molecule has 1 saturated carbocycles. The van der Waals surface area contributed by atoms with Gasteiger partial charge in [0.05, 0.1) is 0 Å². The molecule has 0 aliphatic heterocycles. The van der Waals surface area contributed by atoms with Gasteiger partial charge in [-0.2, -0.15) is 0 Å². The minimum Gasteiger partial charge on any atom is -0.333 e. The van der Waals surface area contributed by atoms with Crippen molar-refractivity contribution in [3.8, 4) is 0 Å². The van der Waals surface area contributed by atoms with E-state index >= 15 is 0 Å². The fraction of sp³-hybridized carbons (Fsp3) is 0.923. The fourth-order valence-corrected chi connectivity index (χ4v) is 2.20. The van der Waals surface area contributed by atoms with Gasteiger partial charge in [-0.25, -0.2) is 4.79 Å². The first kappa shape index (κ1) is 13.3. The first-order valence-corrected chi connectivity index (χ1v) is 6.34. The lowest BCUT2D eigenvalue weighted by atomic mass is 9.87. The molecule has 16 heavy (non-hydrogen) atoms. The van der Waals surface area contributed by atoms with Crippen LogP contribution in [0.25, 0.3) is 0 Å². The van der Waals surface area contributed by atoms with Gasteiger partial charge in [-0.1, -0.05) is 6.92 Å². The average molecular weight is 226 g/mol. The summed E-state index contributed by atoms with van der Waals surface area (Å²) >= 11 is 0. The number of hydrogen-bond acceptors (Lipinski definition) is 1. The van der Waals surface area contributed by atoms with Crippen LogP contribution in [0, 0.1) is 5.92 Å². The van der Waals surface area contributed by atoms with E-state index in [4.69, 9.17) is 0 Å². The van der Waals surface area contributed by atoms with Gasteiger partial charge in [0, 0.05) is 18.6 Å². The van der Waals surface area contributed by atoms with Gasteiger partial charge in [0.15, 0.2) is 0 Å². The van der Waals surface area contributed by atoms with E-state index in [2.05, 4.69) is 12.2 Å². The van der Waals surface area contributed by atoms with Crippen LogP contribution >= 0.6 is 0 Å². The van der Waals surface area contributed by atoms with E-state index in [1.165, 1.54) is 12.8 Å². The minimum atomic E-state index is -0.146. The number of nitrogens with zero attached hydrogens (tertiary/aromatic N) is 1. The molecule has 1 N–H and O–H groups in total. The lowest BCUT2D eigenvalue weighted by Crippen LogP contribution is -2.50. The Bertz CT molecular complexity index is 237. The van der Waals surface area contributed by atoms with E-state index in [9.17, 15) is 4.79 Å². The molecule has 1 aliphatic rings. The molecule has 1 rings (SSSR count). The van der Waals surface area contributed by atoms with Crippen LogP contribution in [0.4, 0.5) is 4.79 Å². The molecular weight excluding hydrogens is 200 g/mol. The van der Waals surface area contributed by atoms with E-state index in [0.29, 0.717) is 6.04 Å². The molecule has 0 atom stereocenters. The predicted octanol–water partition coefficient (Wildman–Crippen LogP) is 3.01. The van der Waals surface area contributed by atoms with E-state index in [0.717, 1.165) is 18.8 Å². The molecule has 0 aromatic heterocycles. The van der Waals surface area contributed by atoms with Gasteiger partial charge < -0.3 is 10.2 Å². The number of amides is 2. The van der Waals surface area contributed by atoms with Gasteiger partial charge in [-0.15, -0.1) is 0 Å². The van der Waals surface area contributed by atoms with Crippen LogP contribution in [-0.4, -0.2) is 29.6 Å². The molecule has 0 saturated heterocycles. The molecule has 0 radical (unpaired) electrons. The summed E-state index contributed by atoms with van der Waals surface area (Å²) in [5.74, 6) is 0.829. The molecule has 0 aromatic rings. The third-order valence-electron chi connectivity index (χ3n) is 3.34. The second-order valence-corrected chi connectivity index (χ2v) is 6.20. The number of nitrogens with one attached hydrogen (secondary N) is 1. The smallest absolute Gasteiger partial charge is 0.317 e. The highest BCUT2D eigenvalue weighted by molar-refractivity contribution is 5.75. The number of rotatable bonds is 1. The largest absolute Gasteiger partial charge is 0.333 e. The summed E-state index contributed by atoms with van der Waals surface area (Å²) in [6.07, 6.45) is 4.79. The molecule has 0 heterocycles. The fourth-order valence-electron chi connectivity index (χ4n) is 2.20. The average Bonchev–Trinajstić information content (AvgIpc) is 2.15. The zero-order valence-electron chi connectivity index (χ0n) is 11.3. The van der Waals surface area contributed by atoms with E-state index in [1.807, 2.05) is 32.7 Å². The van der Waals surface area contributed by atoms with Gasteiger partial charge in [0.2, 0.25) is 0 Å². The lowest BCUT2D eigenvalue weighted by molar-refractivity contribution is 0.157. The Balaban J connectivity index is 2.45. The minimum absolute atomic E-state index is 0.0621. The third kappa shape index (κ3) is 4.03. The summed E-state index contributed by atoms with van der Waals surface area (Å²) in [6, 6.07) is 0.491. The van der Waals surface area contributed by atoms with Gasteiger partial charge in [-0.05, 0) is 52.4 Å². The van der Waals surface area contributed by atoms with Crippen LogP contribution in [0.15, 0.2) is 0 Å². The highest BCUT2D eigenvalue weighted by Gasteiger charge is 2.26. The van der Waals surface area contributed by atoms with Gasteiger partial charge in [0.1, 0.15) is 0 Å². The summed E-state index contributed by atoms with van der Waals surface area (Å²) in [7, 11) is 1.92. The van der Waals surface area contributed by atoms with Crippen molar-refractivity contribution in [1.82, 2.24) is 10.2 Å². The molecule has 0 bridgehead atoms. The first-order chi connectivity index (χ1) is 7.29. The molecule has 0 spiro atoms. The normalized spacial score (nSPS) is 26.3. The molecule has 3 heteroatoms. The summed E-state index contributed by atoms with van der Waals surface area (Å²) < 4.78 is 0. The molecule has 1 fully saturated rings. The van der Waals surface area contributed by atoms with Crippen molar-refractivity contribution in [2.45, 2.75) is 65.0 Å². The monoisotopic (exact) mass is 226 g/mol. The van der Waals surface area contributed by atoms with Crippen molar-refractivity contribution in [3.05, 3.63) is 0 Å². The van der Waals surface area contributed by atoms with E-state index in [1.54, 1.807) is 0 Å².